The molecule has 1 aromatic carbocycles. The molecule has 2 rings (SSSR count). The van der Waals surface area contributed by atoms with Crippen LogP contribution in [0.4, 0.5) is 0 Å². The number of rotatable bonds is 6. The van der Waals surface area contributed by atoms with E-state index in [0.29, 0.717) is 6.61 Å². The SMILES string of the molecule is OCc1ccc(CNCC2(CO)CCCC2)cc1. The molecule has 18 heavy (non-hydrogen) atoms. The van der Waals surface area contributed by atoms with Crippen molar-refractivity contribution in [1.29, 1.82) is 0 Å². The topological polar surface area (TPSA) is 52.5 Å². The van der Waals surface area contributed by atoms with Crippen LogP contribution in [0.5, 0.6) is 0 Å². The molecule has 1 aliphatic rings. The quantitative estimate of drug-likeness (QED) is 0.721. The van der Waals surface area contributed by atoms with E-state index in [-0.39, 0.29) is 12.0 Å². The summed E-state index contributed by atoms with van der Waals surface area (Å²) in [5, 5.41) is 21.9. The Morgan fingerprint density at radius 1 is 1.00 bits per heavy atom. The largest absolute Gasteiger partial charge is 0.396 e. The zero-order chi connectivity index (χ0) is 12.8. The van der Waals surface area contributed by atoms with Crippen molar-refractivity contribution < 1.29 is 10.2 Å². The average molecular weight is 249 g/mol. The molecule has 0 unspecified atom stereocenters. The average Bonchev–Trinajstić information content (AvgIpc) is 2.89. The molecule has 0 aliphatic heterocycles. The van der Waals surface area contributed by atoms with Gasteiger partial charge in [-0.1, -0.05) is 37.1 Å². The summed E-state index contributed by atoms with van der Waals surface area (Å²) in [5.74, 6) is 0. The molecule has 0 aromatic heterocycles. The zero-order valence-electron chi connectivity index (χ0n) is 10.9. The van der Waals surface area contributed by atoms with Crippen molar-refractivity contribution in [2.45, 2.75) is 38.8 Å². The minimum atomic E-state index is 0.0985. The van der Waals surface area contributed by atoms with Crippen LogP contribution in [-0.2, 0) is 13.2 Å². The smallest absolute Gasteiger partial charge is 0.0681 e. The van der Waals surface area contributed by atoms with Crippen LogP contribution in [0.25, 0.3) is 0 Å². The predicted molar refractivity (Wildman–Crippen MR) is 72.1 cm³/mol. The van der Waals surface area contributed by atoms with Crippen molar-refractivity contribution in [3.63, 3.8) is 0 Å². The van der Waals surface area contributed by atoms with Crippen LogP contribution in [0.3, 0.4) is 0 Å². The molecular weight excluding hydrogens is 226 g/mol. The Labute approximate surface area is 109 Å². The molecule has 3 nitrogen and oxygen atoms in total. The van der Waals surface area contributed by atoms with Gasteiger partial charge in [0.2, 0.25) is 0 Å². The molecule has 3 N–H and O–H groups in total. The van der Waals surface area contributed by atoms with Gasteiger partial charge in [0.25, 0.3) is 0 Å². The Kier molecular flexibility index (Phi) is 4.75. The highest BCUT2D eigenvalue weighted by Crippen LogP contribution is 2.36. The fourth-order valence-corrected chi connectivity index (χ4v) is 2.75. The minimum absolute atomic E-state index is 0.0985. The van der Waals surface area contributed by atoms with E-state index in [1.54, 1.807) is 0 Å². The molecule has 1 aliphatic carbocycles. The van der Waals surface area contributed by atoms with E-state index < -0.39 is 0 Å². The van der Waals surface area contributed by atoms with E-state index in [1.165, 1.54) is 18.4 Å². The number of aliphatic hydroxyl groups excluding tert-OH is 2. The molecule has 100 valence electrons. The Bertz CT molecular complexity index is 355. The molecule has 0 heterocycles. The van der Waals surface area contributed by atoms with Gasteiger partial charge < -0.3 is 15.5 Å². The van der Waals surface area contributed by atoms with Crippen molar-refractivity contribution in [3.8, 4) is 0 Å². The Morgan fingerprint density at radius 2 is 1.61 bits per heavy atom. The van der Waals surface area contributed by atoms with Gasteiger partial charge >= 0.3 is 0 Å². The maximum atomic E-state index is 9.51. The maximum absolute atomic E-state index is 9.51. The van der Waals surface area contributed by atoms with Crippen molar-refractivity contribution >= 4 is 0 Å². The number of aliphatic hydroxyl groups is 2. The summed E-state index contributed by atoms with van der Waals surface area (Å²) >= 11 is 0. The van der Waals surface area contributed by atoms with Gasteiger partial charge in [0.15, 0.2) is 0 Å². The maximum Gasteiger partial charge on any atom is 0.0681 e. The third-order valence-electron chi connectivity index (χ3n) is 4.03. The van der Waals surface area contributed by atoms with Crippen LogP contribution >= 0.6 is 0 Å². The fraction of sp³-hybridized carbons (Fsp3) is 0.600. The summed E-state index contributed by atoms with van der Waals surface area (Å²) in [6.45, 7) is 2.11. The molecule has 1 saturated carbocycles. The van der Waals surface area contributed by atoms with Gasteiger partial charge in [-0.15, -0.1) is 0 Å². The summed E-state index contributed by atoms with van der Waals surface area (Å²) in [4.78, 5) is 0. The van der Waals surface area contributed by atoms with Gasteiger partial charge in [-0.05, 0) is 24.0 Å². The van der Waals surface area contributed by atoms with Gasteiger partial charge in [0.1, 0.15) is 0 Å². The number of hydrogen-bond donors (Lipinski definition) is 3. The molecule has 0 radical (unpaired) electrons. The monoisotopic (exact) mass is 249 g/mol. The van der Waals surface area contributed by atoms with Crippen LogP contribution in [-0.4, -0.2) is 23.4 Å². The van der Waals surface area contributed by atoms with Crippen LogP contribution < -0.4 is 5.32 Å². The highest BCUT2D eigenvalue weighted by atomic mass is 16.3. The predicted octanol–water partition coefficient (Wildman–Crippen LogP) is 1.82. The number of nitrogens with one attached hydrogen (secondary N) is 1. The summed E-state index contributed by atoms with van der Waals surface area (Å²) in [5.41, 5.74) is 2.28. The summed E-state index contributed by atoms with van der Waals surface area (Å²) in [6.07, 6.45) is 4.76. The van der Waals surface area contributed by atoms with Crippen LogP contribution in [0.1, 0.15) is 36.8 Å². The number of hydrogen-bond acceptors (Lipinski definition) is 3. The van der Waals surface area contributed by atoms with E-state index in [9.17, 15) is 5.11 Å². The lowest BCUT2D eigenvalue weighted by molar-refractivity contribution is 0.128. The van der Waals surface area contributed by atoms with E-state index in [4.69, 9.17) is 5.11 Å². The fourth-order valence-electron chi connectivity index (χ4n) is 2.75. The van der Waals surface area contributed by atoms with Gasteiger partial charge in [-0.25, -0.2) is 0 Å². The summed E-state index contributed by atoms with van der Waals surface area (Å²) in [6, 6.07) is 7.99. The van der Waals surface area contributed by atoms with Gasteiger partial charge in [-0.2, -0.15) is 0 Å². The standard InChI is InChI=1S/C15H23NO2/c17-10-14-5-3-13(4-6-14)9-16-11-15(12-18)7-1-2-8-15/h3-6,16-18H,1-2,7-12H2. The lowest BCUT2D eigenvalue weighted by Gasteiger charge is -2.26. The minimum Gasteiger partial charge on any atom is -0.396 e. The Hall–Kier alpha value is -0.900. The second-order valence-electron chi connectivity index (χ2n) is 5.44. The van der Waals surface area contributed by atoms with E-state index in [1.807, 2.05) is 24.3 Å². The summed E-state index contributed by atoms with van der Waals surface area (Å²) in [7, 11) is 0. The molecule has 0 saturated heterocycles. The first kappa shape index (κ1) is 13.5. The van der Waals surface area contributed by atoms with Crippen molar-refractivity contribution in [2.75, 3.05) is 13.2 Å². The zero-order valence-corrected chi connectivity index (χ0v) is 10.9. The highest BCUT2D eigenvalue weighted by Gasteiger charge is 2.32. The first-order valence-electron chi connectivity index (χ1n) is 6.78. The normalized spacial score (nSPS) is 18.1. The molecule has 1 aromatic rings. The number of benzene rings is 1. The molecule has 0 bridgehead atoms. The van der Waals surface area contributed by atoms with Crippen molar-refractivity contribution in [1.82, 2.24) is 5.32 Å². The van der Waals surface area contributed by atoms with Crippen LogP contribution in [0.15, 0.2) is 24.3 Å². The molecule has 0 spiro atoms. The van der Waals surface area contributed by atoms with E-state index >= 15 is 0 Å². The van der Waals surface area contributed by atoms with Crippen LogP contribution in [0, 0.1) is 5.41 Å². The molecule has 0 atom stereocenters. The third-order valence-corrected chi connectivity index (χ3v) is 4.03. The van der Waals surface area contributed by atoms with Crippen molar-refractivity contribution in [2.24, 2.45) is 5.41 Å². The first-order valence-corrected chi connectivity index (χ1v) is 6.78. The van der Waals surface area contributed by atoms with Gasteiger partial charge in [0, 0.05) is 25.1 Å². The van der Waals surface area contributed by atoms with Gasteiger partial charge in [-0.3, -0.25) is 0 Å². The lowest BCUT2D eigenvalue weighted by atomic mass is 9.87. The summed E-state index contributed by atoms with van der Waals surface area (Å²) < 4.78 is 0. The molecule has 3 heteroatoms. The van der Waals surface area contributed by atoms with Crippen LogP contribution in [0.2, 0.25) is 0 Å². The van der Waals surface area contributed by atoms with E-state index in [0.717, 1.165) is 31.5 Å². The van der Waals surface area contributed by atoms with Crippen molar-refractivity contribution in [3.05, 3.63) is 35.4 Å². The third kappa shape index (κ3) is 3.31. The molecule has 0 amide bonds. The Morgan fingerprint density at radius 3 is 2.17 bits per heavy atom. The molecular formula is C15H23NO2. The van der Waals surface area contributed by atoms with E-state index in [2.05, 4.69) is 5.32 Å². The van der Waals surface area contributed by atoms with Gasteiger partial charge in [0.05, 0.1) is 6.61 Å². The highest BCUT2D eigenvalue weighted by molar-refractivity contribution is 5.21. The second kappa shape index (κ2) is 6.32. The first-order chi connectivity index (χ1) is 8.78. The lowest BCUT2D eigenvalue weighted by Crippen LogP contribution is -2.34. The molecule has 1 fully saturated rings. The Balaban J connectivity index is 1.80. The second-order valence-corrected chi connectivity index (χ2v) is 5.44.